The number of nitrogens with one attached hydrogen (secondary N) is 1. The first kappa shape index (κ1) is 19.9. The van der Waals surface area contributed by atoms with Crippen LogP contribution in [0.15, 0.2) is 24.3 Å². The normalized spacial score (nSPS) is 17.7. The van der Waals surface area contributed by atoms with Crippen LogP contribution in [0.3, 0.4) is 0 Å². The highest BCUT2D eigenvalue weighted by Crippen LogP contribution is 2.31. The van der Waals surface area contributed by atoms with E-state index in [4.69, 9.17) is 0 Å². The van der Waals surface area contributed by atoms with E-state index < -0.39 is 25.3 Å². The Morgan fingerprint density at radius 3 is 2.39 bits per heavy atom. The quantitative estimate of drug-likeness (QED) is 0.812. The summed E-state index contributed by atoms with van der Waals surface area (Å²) >= 11 is 0. The van der Waals surface area contributed by atoms with Crippen molar-refractivity contribution in [2.45, 2.75) is 25.3 Å². The summed E-state index contributed by atoms with van der Waals surface area (Å²) in [6.45, 7) is 2.47. The van der Waals surface area contributed by atoms with Crippen LogP contribution in [-0.2, 0) is 0 Å². The first-order valence-electron chi connectivity index (χ1n) is 6.94. The lowest BCUT2D eigenvalue weighted by Gasteiger charge is -2.35. The van der Waals surface area contributed by atoms with Crippen molar-refractivity contribution in [1.82, 2.24) is 10.2 Å². The van der Waals surface area contributed by atoms with Gasteiger partial charge < -0.3 is 10.1 Å². The molecule has 0 amide bonds. The van der Waals surface area contributed by atoms with Crippen LogP contribution < -0.4 is 10.1 Å². The molecule has 0 bridgehead atoms. The van der Waals surface area contributed by atoms with Gasteiger partial charge in [-0.2, -0.15) is 0 Å². The highest BCUT2D eigenvalue weighted by atomic mass is 35.5. The van der Waals surface area contributed by atoms with Gasteiger partial charge in [-0.05, 0) is 17.7 Å². The molecule has 1 aliphatic rings. The fourth-order valence-electron chi connectivity index (χ4n) is 2.58. The van der Waals surface area contributed by atoms with E-state index >= 15 is 0 Å². The van der Waals surface area contributed by atoms with Crippen LogP contribution in [0.4, 0.5) is 22.0 Å². The highest BCUT2D eigenvalue weighted by Gasteiger charge is 2.32. The number of piperazine rings is 1. The molecule has 3 nitrogen and oxygen atoms in total. The minimum Gasteiger partial charge on any atom is -0.406 e. The van der Waals surface area contributed by atoms with Crippen LogP contribution in [0.25, 0.3) is 0 Å². The summed E-state index contributed by atoms with van der Waals surface area (Å²) in [5.74, 6) is -0.389. The second-order valence-corrected chi connectivity index (χ2v) is 5.05. The number of rotatable bonds is 5. The molecule has 0 saturated carbocycles. The molecule has 132 valence electrons. The van der Waals surface area contributed by atoms with Crippen LogP contribution in [0.5, 0.6) is 5.75 Å². The third-order valence-electron chi connectivity index (χ3n) is 3.47. The number of alkyl halides is 5. The molecule has 0 aliphatic carbocycles. The van der Waals surface area contributed by atoms with E-state index in [0.29, 0.717) is 31.7 Å². The summed E-state index contributed by atoms with van der Waals surface area (Å²) < 4.78 is 66.4. The fourth-order valence-corrected chi connectivity index (χ4v) is 2.58. The molecule has 1 N–H and O–H groups in total. The fraction of sp³-hybridized carbons (Fsp3) is 0.571. The Balaban J connectivity index is 0.00000264. The van der Waals surface area contributed by atoms with Gasteiger partial charge in [0, 0.05) is 38.6 Å². The molecular weight excluding hydrogens is 343 g/mol. The van der Waals surface area contributed by atoms with E-state index in [1.54, 1.807) is 6.07 Å². The summed E-state index contributed by atoms with van der Waals surface area (Å²) in [6, 6.07) is 4.66. The van der Waals surface area contributed by atoms with Gasteiger partial charge in [0.2, 0.25) is 6.43 Å². The Hall–Kier alpha value is -1.12. The first-order chi connectivity index (χ1) is 10.3. The Morgan fingerprint density at radius 2 is 1.83 bits per heavy atom. The van der Waals surface area contributed by atoms with Gasteiger partial charge >= 0.3 is 6.36 Å². The number of ether oxygens (including phenoxy) is 1. The van der Waals surface area contributed by atoms with E-state index in [1.807, 2.05) is 4.90 Å². The molecule has 0 aromatic heterocycles. The zero-order valence-corrected chi connectivity index (χ0v) is 13.0. The van der Waals surface area contributed by atoms with Crippen molar-refractivity contribution in [3.8, 4) is 5.75 Å². The second kappa shape index (κ2) is 8.65. The molecule has 2 rings (SSSR count). The summed E-state index contributed by atoms with van der Waals surface area (Å²) in [4.78, 5) is 1.86. The average Bonchev–Trinajstić information content (AvgIpc) is 2.44. The van der Waals surface area contributed by atoms with Crippen molar-refractivity contribution >= 4 is 12.4 Å². The topological polar surface area (TPSA) is 24.5 Å². The molecule has 1 fully saturated rings. The maximum absolute atomic E-state index is 12.8. The predicted molar refractivity (Wildman–Crippen MR) is 78.2 cm³/mol. The zero-order chi connectivity index (χ0) is 16.2. The van der Waals surface area contributed by atoms with E-state index in [2.05, 4.69) is 10.1 Å². The van der Waals surface area contributed by atoms with Crippen LogP contribution in [0, 0.1) is 0 Å². The van der Waals surface area contributed by atoms with Crippen molar-refractivity contribution < 1.29 is 26.7 Å². The van der Waals surface area contributed by atoms with Crippen LogP contribution >= 0.6 is 12.4 Å². The largest absolute Gasteiger partial charge is 0.573 e. The van der Waals surface area contributed by atoms with Gasteiger partial charge in [-0.15, -0.1) is 25.6 Å². The summed E-state index contributed by atoms with van der Waals surface area (Å²) in [5, 5.41) is 3.11. The van der Waals surface area contributed by atoms with Gasteiger partial charge in [0.1, 0.15) is 5.75 Å². The van der Waals surface area contributed by atoms with Crippen molar-refractivity contribution in [2.24, 2.45) is 0 Å². The van der Waals surface area contributed by atoms with Gasteiger partial charge in [-0.25, -0.2) is 8.78 Å². The molecule has 1 heterocycles. The SMILES string of the molecule is Cl.FC(F)C[C@@H](c1cccc(OC(F)(F)F)c1)N1CCNCC1. The molecule has 1 saturated heterocycles. The van der Waals surface area contributed by atoms with Crippen molar-refractivity contribution in [3.63, 3.8) is 0 Å². The predicted octanol–water partition coefficient (Wildman–Crippen LogP) is 3.61. The van der Waals surface area contributed by atoms with Crippen molar-refractivity contribution in [2.75, 3.05) is 26.2 Å². The summed E-state index contributed by atoms with van der Waals surface area (Å²) in [7, 11) is 0. The monoisotopic (exact) mass is 360 g/mol. The van der Waals surface area contributed by atoms with Gasteiger partial charge in [0.15, 0.2) is 0 Å². The molecule has 9 heteroatoms. The Kier molecular flexibility index (Phi) is 7.50. The maximum atomic E-state index is 12.8. The van der Waals surface area contributed by atoms with E-state index in [9.17, 15) is 22.0 Å². The van der Waals surface area contributed by atoms with Crippen LogP contribution in [0.1, 0.15) is 18.0 Å². The first-order valence-corrected chi connectivity index (χ1v) is 6.94. The number of nitrogens with zero attached hydrogens (tertiary/aromatic N) is 1. The molecule has 23 heavy (non-hydrogen) atoms. The minimum atomic E-state index is -4.80. The van der Waals surface area contributed by atoms with Crippen molar-refractivity contribution in [3.05, 3.63) is 29.8 Å². The van der Waals surface area contributed by atoms with Gasteiger partial charge in [-0.3, -0.25) is 4.90 Å². The summed E-state index contributed by atoms with van der Waals surface area (Å²) in [6.07, 6.45) is -7.76. The second-order valence-electron chi connectivity index (χ2n) is 5.05. The average molecular weight is 361 g/mol. The third kappa shape index (κ3) is 6.48. The molecule has 1 aromatic carbocycles. The number of halogens is 6. The Labute approximate surface area is 137 Å². The molecule has 1 atom stereocenters. The van der Waals surface area contributed by atoms with Gasteiger partial charge in [0.05, 0.1) is 0 Å². The summed E-state index contributed by atoms with van der Waals surface area (Å²) in [5.41, 5.74) is 0.406. The zero-order valence-electron chi connectivity index (χ0n) is 12.2. The van der Waals surface area contributed by atoms with E-state index in [0.717, 1.165) is 6.07 Å². The molecule has 1 aromatic rings. The van der Waals surface area contributed by atoms with E-state index in [1.165, 1.54) is 12.1 Å². The Bertz CT molecular complexity index is 480. The molecule has 1 aliphatic heterocycles. The number of benzene rings is 1. The molecule has 0 spiro atoms. The van der Waals surface area contributed by atoms with Crippen LogP contribution in [0.2, 0.25) is 0 Å². The number of hydrogen-bond acceptors (Lipinski definition) is 3. The Morgan fingerprint density at radius 1 is 1.17 bits per heavy atom. The van der Waals surface area contributed by atoms with Gasteiger partial charge in [0.25, 0.3) is 0 Å². The maximum Gasteiger partial charge on any atom is 0.573 e. The minimum absolute atomic E-state index is 0. The molecule has 0 radical (unpaired) electrons. The smallest absolute Gasteiger partial charge is 0.406 e. The lowest BCUT2D eigenvalue weighted by Crippen LogP contribution is -2.45. The van der Waals surface area contributed by atoms with Crippen LogP contribution in [-0.4, -0.2) is 43.9 Å². The van der Waals surface area contributed by atoms with Gasteiger partial charge in [-0.1, -0.05) is 12.1 Å². The van der Waals surface area contributed by atoms with E-state index in [-0.39, 0.29) is 18.2 Å². The molecule has 0 unspecified atom stereocenters. The molecular formula is C14H18ClF5N2O. The third-order valence-corrected chi connectivity index (χ3v) is 3.47. The number of hydrogen-bond donors (Lipinski definition) is 1. The lowest BCUT2D eigenvalue weighted by atomic mass is 10.0. The lowest BCUT2D eigenvalue weighted by molar-refractivity contribution is -0.274. The highest BCUT2D eigenvalue weighted by molar-refractivity contribution is 5.85. The van der Waals surface area contributed by atoms with Crippen molar-refractivity contribution in [1.29, 1.82) is 0 Å². The standard InChI is InChI=1S/C14H17F5N2O.ClH/c15-13(16)9-12(21-6-4-20-5-7-21)10-2-1-3-11(8-10)22-14(17,18)19;/h1-3,8,12-13,20H,4-7,9H2;1H/t12-;/m0./s1.